The van der Waals surface area contributed by atoms with Crippen LogP contribution in [0.3, 0.4) is 0 Å². The lowest BCUT2D eigenvalue weighted by atomic mass is 10.1. The van der Waals surface area contributed by atoms with Gasteiger partial charge >= 0.3 is 5.97 Å². The number of carbonyl (C=O) groups excluding carboxylic acids is 1. The fraction of sp³-hybridized carbons (Fsp3) is 0.429. The van der Waals surface area contributed by atoms with Gasteiger partial charge in [-0.25, -0.2) is 0 Å². The van der Waals surface area contributed by atoms with Crippen LogP contribution in [0.4, 0.5) is 0 Å². The predicted octanol–water partition coefficient (Wildman–Crippen LogP) is 4.63. The first-order valence-corrected chi connectivity index (χ1v) is 8.93. The van der Waals surface area contributed by atoms with E-state index in [1.165, 1.54) is 10.8 Å². The quantitative estimate of drug-likeness (QED) is 0.627. The molecule has 2 heterocycles. The number of pyridine rings is 1. The zero-order valence-electron chi connectivity index (χ0n) is 16.1. The third-order valence-corrected chi connectivity index (χ3v) is 4.35. The number of ether oxygens (including phenoxy) is 2. The van der Waals surface area contributed by atoms with Crippen molar-refractivity contribution in [1.82, 2.24) is 9.55 Å². The van der Waals surface area contributed by atoms with E-state index in [9.17, 15) is 4.79 Å². The number of hydrogen-bond acceptors (Lipinski definition) is 4. The average Bonchev–Trinajstić information content (AvgIpc) is 2.88. The van der Waals surface area contributed by atoms with Crippen LogP contribution in [-0.4, -0.2) is 28.2 Å². The zero-order valence-corrected chi connectivity index (χ0v) is 16.1. The molecule has 0 radical (unpaired) electrons. The summed E-state index contributed by atoms with van der Waals surface area (Å²) in [5.41, 5.74) is 2.74. The number of fused-ring (bicyclic) bond motifs is 3. The molecule has 0 spiro atoms. The Morgan fingerprint density at radius 3 is 2.65 bits per heavy atom. The Morgan fingerprint density at radius 1 is 1.19 bits per heavy atom. The lowest BCUT2D eigenvalue weighted by Crippen LogP contribution is -2.23. The van der Waals surface area contributed by atoms with Gasteiger partial charge in [0.15, 0.2) is 0 Å². The van der Waals surface area contributed by atoms with Gasteiger partial charge in [0.1, 0.15) is 11.4 Å². The van der Waals surface area contributed by atoms with Gasteiger partial charge in [-0.3, -0.25) is 9.78 Å². The second kappa shape index (κ2) is 6.98. The van der Waals surface area contributed by atoms with Gasteiger partial charge in [0.25, 0.3) is 0 Å². The summed E-state index contributed by atoms with van der Waals surface area (Å²) < 4.78 is 13.0. The number of aromatic nitrogens is 2. The highest BCUT2D eigenvalue weighted by atomic mass is 16.6. The van der Waals surface area contributed by atoms with E-state index < -0.39 is 5.60 Å². The van der Waals surface area contributed by atoms with Crippen LogP contribution in [0.25, 0.3) is 21.8 Å². The van der Waals surface area contributed by atoms with Gasteiger partial charge < -0.3 is 14.0 Å². The summed E-state index contributed by atoms with van der Waals surface area (Å²) in [4.78, 5) is 16.5. The van der Waals surface area contributed by atoms with Gasteiger partial charge in [0.2, 0.25) is 0 Å². The summed E-state index contributed by atoms with van der Waals surface area (Å²) in [6.07, 6.45) is 2.94. The number of hydrogen-bond donors (Lipinski definition) is 0. The van der Waals surface area contributed by atoms with Crippen molar-refractivity contribution < 1.29 is 14.3 Å². The predicted molar refractivity (Wildman–Crippen MR) is 104 cm³/mol. The van der Waals surface area contributed by atoms with Crippen LogP contribution >= 0.6 is 0 Å². The standard InChI is InChI=1S/C21H26N2O3/c1-14-20-17(10-11-22-14)16-9-8-15(25-5)13-18(16)23(20)12-6-7-19(24)26-21(2,3)4/h8-11,13H,6-7,12H2,1-5H3. The van der Waals surface area contributed by atoms with Crippen LogP contribution in [-0.2, 0) is 16.1 Å². The van der Waals surface area contributed by atoms with Gasteiger partial charge in [0, 0.05) is 36.0 Å². The highest BCUT2D eigenvalue weighted by Crippen LogP contribution is 2.32. The first-order chi connectivity index (χ1) is 12.3. The molecule has 3 aromatic rings. The average molecular weight is 354 g/mol. The topological polar surface area (TPSA) is 53.4 Å². The maximum Gasteiger partial charge on any atom is 0.306 e. The van der Waals surface area contributed by atoms with E-state index in [1.54, 1.807) is 7.11 Å². The molecule has 138 valence electrons. The molecule has 5 nitrogen and oxygen atoms in total. The van der Waals surface area contributed by atoms with Gasteiger partial charge in [0.05, 0.1) is 23.8 Å². The Bertz CT molecular complexity index is 951. The molecular weight excluding hydrogens is 328 g/mol. The molecule has 26 heavy (non-hydrogen) atoms. The number of rotatable bonds is 5. The summed E-state index contributed by atoms with van der Waals surface area (Å²) in [6, 6.07) is 8.15. The van der Waals surface area contributed by atoms with Crippen molar-refractivity contribution in [1.29, 1.82) is 0 Å². The second-order valence-corrected chi connectivity index (χ2v) is 7.52. The van der Waals surface area contributed by atoms with Crippen LogP contribution in [0.15, 0.2) is 30.5 Å². The number of benzene rings is 1. The number of carbonyl (C=O) groups is 1. The van der Waals surface area contributed by atoms with Crippen molar-refractivity contribution in [3.8, 4) is 5.75 Å². The van der Waals surface area contributed by atoms with E-state index in [4.69, 9.17) is 9.47 Å². The smallest absolute Gasteiger partial charge is 0.306 e. The van der Waals surface area contributed by atoms with Crippen molar-refractivity contribution >= 4 is 27.8 Å². The Morgan fingerprint density at radius 2 is 1.96 bits per heavy atom. The van der Waals surface area contributed by atoms with Crippen LogP contribution in [0.5, 0.6) is 5.75 Å². The van der Waals surface area contributed by atoms with E-state index in [1.807, 2.05) is 52.1 Å². The summed E-state index contributed by atoms with van der Waals surface area (Å²) in [5.74, 6) is 0.657. The lowest BCUT2D eigenvalue weighted by molar-refractivity contribution is -0.154. The zero-order chi connectivity index (χ0) is 18.9. The van der Waals surface area contributed by atoms with Crippen molar-refractivity contribution in [3.05, 3.63) is 36.2 Å². The number of methoxy groups -OCH3 is 1. The summed E-state index contributed by atoms with van der Waals surface area (Å²) in [6.45, 7) is 8.40. The SMILES string of the molecule is COc1ccc2c3ccnc(C)c3n(CCCC(=O)OC(C)(C)C)c2c1. The van der Waals surface area contributed by atoms with Crippen LogP contribution in [0.2, 0.25) is 0 Å². The molecule has 3 rings (SSSR count). The van der Waals surface area contributed by atoms with Gasteiger partial charge in [-0.1, -0.05) is 0 Å². The van der Waals surface area contributed by atoms with E-state index in [0.717, 1.165) is 29.0 Å². The Labute approximate surface area is 153 Å². The first kappa shape index (κ1) is 18.2. The van der Waals surface area contributed by atoms with Crippen LogP contribution in [0, 0.1) is 6.92 Å². The fourth-order valence-corrected chi connectivity index (χ4v) is 3.33. The van der Waals surface area contributed by atoms with E-state index in [0.29, 0.717) is 12.8 Å². The highest BCUT2D eigenvalue weighted by molar-refractivity contribution is 6.09. The van der Waals surface area contributed by atoms with Crippen LogP contribution in [0.1, 0.15) is 39.3 Å². The van der Waals surface area contributed by atoms with E-state index >= 15 is 0 Å². The molecule has 0 N–H and O–H groups in total. The highest BCUT2D eigenvalue weighted by Gasteiger charge is 2.17. The van der Waals surface area contributed by atoms with Crippen LogP contribution < -0.4 is 4.74 Å². The summed E-state index contributed by atoms with van der Waals surface area (Å²) >= 11 is 0. The van der Waals surface area contributed by atoms with Gasteiger partial charge in [-0.2, -0.15) is 0 Å². The fourth-order valence-electron chi connectivity index (χ4n) is 3.33. The molecule has 0 aliphatic carbocycles. The molecule has 0 aliphatic heterocycles. The van der Waals surface area contributed by atoms with E-state index in [-0.39, 0.29) is 5.97 Å². The minimum absolute atomic E-state index is 0.161. The van der Waals surface area contributed by atoms with Crippen molar-refractivity contribution in [2.45, 2.75) is 52.7 Å². The first-order valence-electron chi connectivity index (χ1n) is 8.93. The minimum atomic E-state index is -0.447. The molecule has 1 aromatic carbocycles. The molecule has 2 aromatic heterocycles. The maximum absolute atomic E-state index is 12.0. The molecular formula is C21H26N2O3. The third kappa shape index (κ3) is 3.66. The molecule has 0 aliphatic rings. The molecule has 0 saturated carbocycles. The second-order valence-electron chi connectivity index (χ2n) is 7.52. The van der Waals surface area contributed by atoms with Crippen molar-refractivity contribution in [2.24, 2.45) is 0 Å². The van der Waals surface area contributed by atoms with Crippen molar-refractivity contribution in [2.75, 3.05) is 7.11 Å². The summed E-state index contributed by atoms with van der Waals surface area (Å²) in [5, 5.41) is 2.34. The molecule has 0 fully saturated rings. The normalized spacial score (nSPS) is 11.9. The third-order valence-electron chi connectivity index (χ3n) is 4.35. The number of nitrogens with zero attached hydrogens (tertiary/aromatic N) is 2. The lowest BCUT2D eigenvalue weighted by Gasteiger charge is -2.19. The number of aryl methyl sites for hydroxylation is 2. The molecule has 0 unspecified atom stereocenters. The minimum Gasteiger partial charge on any atom is -0.497 e. The number of esters is 1. The molecule has 0 saturated heterocycles. The Balaban J connectivity index is 1.94. The monoisotopic (exact) mass is 354 g/mol. The Hall–Kier alpha value is -2.56. The molecule has 0 amide bonds. The Kier molecular flexibility index (Phi) is 4.90. The molecule has 5 heteroatoms. The van der Waals surface area contributed by atoms with Gasteiger partial charge in [-0.15, -0.1) is 0 Å². The maximum atomic E-state index is 12.0. The molecule has 0 atom stereocenters. The van der Waals surface area contributed by atoms with Crippen molar-refractivity contribution in [3.63, 3.8) is 0 Å². The summed E-state index contributed by atoms with van der Waals surface area (Å²) in [7, 11) is 1.67. The van der Waals surface area contributed by atoms with E-state index in [2.05, 4.69) is 15.6 Å². The molecule has 0 bridgehead atoms. The van der Waals surface area contributed by atoms with Gasteiger partial charge in [-0.05, 0) is 52.3 Å². The largest absolute Gasteiger partial charge is 0.497 e.